The van der Waals surface area contributed by atoms with Gasteiger partial charge in [0.2, 0.25) is 0 Å². The molecule has 0 aliphatic rings. The first-order valence-corrected chi connectivity index (χ1v) is 7.63. The Kier molecular flexibility index (Phi) is 5.03. The van der Waals surface area contributed by atoms with Crippen molar-refractivity contribution in [3.05, 3.63) is 45.8 Å². The zero-order valence-electron chi connectivity index (χ0n) is 9.86. The Morgan fingerprint density at radius 3 is 2.78 bits per heavy atom. The smallest absolute Gasteiger partial charge is 0.130 e. The van der Waals surface area contributed by atoms with Gasteiger partial charge in [0, 0.05) is 17.4 Å². The van der Waals surface area contributed by atoms with Gasteiger partial charge in [-0.05, 0) is 34.5 Å². The van der Waals surface area contributed by atoms with Crippen molar-refractivity contribution in [1.29, 1.82) is 0 Å². The number of benzene rings is 1. The molecule has 2 aromatic rings. The number of aryl methyl sites for hydroxylation is 1. The maximum Gasteiger partial charge on any atom is 0.130 e. The molecule has 0 saturated heterocycles. The van der Waals surface area contributed by atoms with Crippen LogP contribution in [0.5, 0.6) is 0 Å². The van der Waals surface area contributed by atoms with E-state index in [1.165, 1.54) is 0 Å². The molecule has 18 heavy (non-hydrogen) atoms. The number of rotatable bonds is 4. The second kappa shape index (κ2) is 6.55. The monoisotopic (exact) mass is 342 g/mol. The summed E-state index contributed by atoms with van der Waals surface area (Å²) in [6.07, 6.45) is 1.92. The molecule has 0 aliphatic carbocycles. The second-order valence-corrected chi connectivity index (χ2v) is 6.01. The fourth-order valence-electron chi connectivity index (χ4n) is 1.47. The van der Waals surface area contributed by atoms with Gasteiger partial charge in [-0.2, -0.15) is 0 Å². The van der Waals surface area contributed by atoms with Crippen LogP contribution >= 0.6 is 39.3 Å². The molecule has 0 N–H and O–H groups in total. The molecule has 0 spiro atoms. The number of nitrogens with zero attached hydrogens (tertiary/aromatic N) is 2. The van der Waals surface area contributed by atoms with Gasteiger partial charge >= 0.3 is 0 Å². The molecule has 94 valence electrons. The van der Waals surface area contributed by atoms with Gasteiger partial charge in [-0.25, -0.2) is 9.97 Å². The first-order valence-electron chi connectivity index (χ1n) is 5.65. The third-order valence-corrected chi connectivity index (χ3v) is 4.08. The Labute approximate surface area is 124 Å². The molecule has 2 nitrogen and oxygen atoms in total. The Balaban J connectivity index is 2.26. The number of halogens is 2. The quantitative estimate of drug-likeness (QED) is 0.731. The highest BCUT2D eigenvalue weighted by molar-refractivity contribution is 9.10. The minimum absolute atomic E-state index is 0.745. The molecule has 1 heterocycles. The summed E-state index contributed by atoms with van der Waals surface area (Å²) in [4.78, 5) is 9.88. The van der Waals surface area contributed by atoms with Crippen LogP contribution in [0.2, 0.25) is 5.02 Å². The molecule has 0 amide bonds. The molecular weight excluding hydrogens is 332 g/mol. The van der Waals surface area contributed by atoms with E-state index in [9.17, 15) is 0 Å². The van der Waals surface area contributed by atoms with E-state index in [-0.39, 0.29) is 0 Å². The second-order valence-electron chi connectivity index (χ2n) is 3.73. The van der Waals surface area contributed by atoms with Gasteiger partial charge in [-0.15, -0.1) is 0 Å². The van der Waals surface area contributed by atoms with Crippen LogP contribution in [0.1, 0.15) is 19.2 Å². The van der Waals surface area contributed by atoms with Gasteiger partial charge in [0.05, 0.1) is 5.02 Å². The number of aromatic nitrogens is 2. The Morgan fingerprint density at radius 2 is 2.06 bits per heavy atom. The third kappa shape index (κ3) is 3.70. The molecule has 1 aromatic carbocycles. The average Bonchev–Trinajstić information content (AvgIpc) is 2.32. The molecular formula is C13H12BrClN2S. The van der Waals surface area contributed by atoms with Gasteiger partial charge in [0.1, 0.15) is 15.5 Å². The Hall–Kier alpha value is -0.580. The molecule has 2 rings (SSSR count). The summed E-state index contributed by atoms with van der Waals surface area (Å²) in [6.45, 7) is 2.12. The summed E-state index contributed by atoms with van der Waals surface area (Å²) < 4.78 is 0.815. The predicted molar refractivity (Wildman–Crippen MR) is 79.3 cm³/mol. The van der Waals surface area contributed by atoms with Crippen molar-refractivity contribution in [2.24, 2.45) is 0 Å². The van der Waals surface area contributed by atoms with Gasteiger partial charge in [0.15, 0.2) is 0 Å². The van der Waals surface area contributed by atoms with Crippen LogP contribution in [-0.4, -0.2) is 9.97 Å². The highest BCUT2D eigenvalue weighted by Crippen LogP contribution is 2.32. The largest absolute Gasteiger partial charge is 0.226 e. The van der Waals surface area contributed by atoms with Crippen molar-refractivity contribution >= 4 is 39.3 Å². The molecule has 0 atom stereocenters. The minimum atomic E-state index is 0.745. The van der Waals surface area contributed by atoms with E-state index in [1.807, 2.05) is 30.3 Å². The van der Waals surface area contributed by atoms with Crippen molar-refractivity contribution in [3.8, 4) is 0 Å². The molecule has 0 saturated carbocycles. The molecule has 0 radical (unpaired) electrons. The van der Waals surface area contributed by atoms with Gasteiger partial charge in [-0.1, -0.05) is 42.4 Å². The normalized spacial score (nSPS) is 10.6. The van der Waals surface area contributed by atoms with E-state index in [0.717, 1.165) is 38.2 Å². The molecule has 0 aliphatic heterocycles. The maximum atomic E-state index is 6.14. The van der Waals surface area contributed by atoms with E-state index in [1.54, 1.807) is 11.8 Å². The number of hydrogen-bond acceptors (Lipinski definition) is 3. The van der Waals surface area contributed by atoms with Crippen LogP contribution in [0.4, 0.5) is 0 Å². The topological polar surface area (TPSA) is 25.8 Å². The number of hydrogen-bond donors (Lipinski definition) is 0. The van der Waals surface area contributed by atoms with Gasteiger partial charge in [0.25, 0.3) is 0 Å². The van der Waals surface area contributed by atoms with E-state index < -0.39 is 0 Å². The van der Waals surface area contributed by atoms with Gasteiger partial charge < -0.3 is 0 Å². The average molecular weight is 344 g/mol. The molecule has 0 bridgehead atoms. The molecule has 0 fully saturated rings. The fourth-order valence-corrected chi connectivity index (χ4v) is 3.15. The minimum Gasteiger partial charge on any atom is -0.226 e. The lowest BCUT2D eigenvalue weighted by molar-refractivity contribution is 0.803. The molecule has 1 aromatic heterocycles. The van der Waals surface area contributed by atoms with E-state index in [0.29, 0.717) is 0 Å². The molecule has 0 unspecified atom stereocenters. The molecule has 5 heteroatoms. The van der Waals surface area contributed by atoms with Crippen LogP contribution in [0.3, 0.4) is 0 Å². The van der Waals surface area contributed by atoms with E-state index >= 15 is 0 Å². The summed E-state index contributed by atoms with van der Waals surface area (Å²) in [7, 11) is 0. The third-order valence-electron chi connectivity index (χ3n) is 2.24. The van der Waals surface area contributed by atoms with Crippen molar-refractivity contribution in [2.75, 3.05) is 0 Å². The van der Waals surface area contributed by atoms with E-state index in [2.05, 4.69) is 32.8 Å². The van der Waals surface area contributed by atoms with Crippen LogP contribution in [0.15, 0.2) is 44.9 Å². The SMILES string of the molecule is CCCc1nc(Br)cc(Sc2ccccc2Cl)n1. The van der Waals surface area contributed by atoms with Crippen molar-refractivity contribution in [2.45, 2.75) is 29.7 Å². The zero-order chi connectivity index (χ0) is 13.0. The fraction of sp³-hybridized carbons (Fsp3) is 0.231. The van der Waals surface area contributed by atoms with Crippen molar-refractivity contribution < 1.29 is 0 Å². The summed E-state index contributed by atoms with van der Waals surface area (Å²) in [5.74, 6) is 0.862. The van der Waals surface area contributed by atoms with Crippen LogP contribution < -0.4 is 0 Å². The lowest BCUT2D eigenvalue weighted by Crippen LogP contribution is -1.96. The summed E-state index contributed by atoms with van der Waals surface area (Å²) in [6, 6.07) is 9.67. The summed E-state index contributed by atoms with van der Waals surface area (Å²) in [5.41, 5.74) is 0. The van der Waals surface area contributed by atoms with Gasteiger partial charge in [-0.3, -0.25) is 0 Å². The zero-order valence-corrected chi connectivity index (χ0v) is 13.0. The van der Waals surface area contributed by atoms with Crippen LogP contribution in [0, 0.1) is 0 Å². The highest BCUT2D eigenvalue weighted by Gasteiger charge is 2.06. The maximum absolute atomic E-state index is 6.14. The van der Waals surface area contributed by atoms with Crippen LogP contribution in [-0.2, 0) is 6.42 Å². The Morgan fingerprint density at radius 1 is 1.28 bits per heavy atom. The highest BCUT2D eigenvalue weighted by atomic mass is 79.9. The first kappa shape index (κ1) is 13.8. The summed E-state index contributed by atoms with van der Waals surface area (Å²) in [5, 5.41) is 1.66. The van der Waals surface area contributed by atoms with Crippen molar-refractivity contribution in [3.63, 3.8) is 0 Å². The Bertz CT molecular complexity index is 548. The lowest BCUT2D eigenvalue weighted by Gasteiger charge is -2.05. The van der Waals surface area contributed by atoms with Crippen molar-refractivity contribution in [1.82, 2.24) is 9.97 Å². The van der Waals surface area contributed by atoms with Crippen LogP contribution in [0.25, 0.3) is 0 Å². The lowest BCUT2D eigenvalue weighted by atomic mass is 10.3. The predicted octanol–water partition coefficient (Wildman–Crippen LogP) is 5.00. The first-order chi connectivity index (χ1) is 8.69. The standard InChI is InChI=1S/C13H12BrClN2S/c1-2-5-12-16-11(14)8-13(17-12)18-10-7-4-3-6-9(10)15/h3-4,6-8H,2,5H2,1H3. The summed E-state index contributed by atoms with van der Waals surface area (Å²) >= 11 is 11.1. The van der Waals surface area contributed by atoms with E-state index in [4.69, 9.17) is 11.6 Å².